The number of fused-ring (bicyclic) bond motifs is 1. The molecule has 2 rings (SSSR count). The molecule has 0 aliphatic carbocycles. The Hall–Kier alpha value is -1.85. The first-order valence-corrected chi connectivity index (χ1v) is 8.19. The van der Waals surface area contributed by atoms with Crippen molar-refractivity contribution in [2.75, 3.05) is 13.1 Å². The fourth-order valence-corrected chi connectivity index (χ4v) is 2.87. The standard InChI is InChI=1S/C16H26N4O2/c1-5-19(6-2)16(22)14-18-13(15(21)17-11(3)4)12-9-7-8-10-20(12)14/h11H,5-10H2,1-4H3,(H,17,21). The molecule has 0 saturated carbocycles. The summed E-state index contributed by atoms with van der Waals surface area (Å²) >= 11 is 0. The van der Waals surface area contributed by atoms with Crippen molar-refractivity contribution < 1.29 is 9.59 Å². The predicted molar refractivity (Wildman–Crippen MR) is 85.0 cm³/mol. The highest BCUT2D eigenvalue weighted by molar-refractivity contribution is 5.97. The first kappa shape index (κ1) is 16.5. The topological polar surface area (TPSA) is 67.2 Å². The van der Waals surface area contributed by atoms with Gasteiger partial charge in [-0.3, -0.25) is 9.59 Å². The molecule has 0 saturated heterocycles. The highest BCUT2D eigenvalue weighted by Crippen LogP contribution is 2.22. The summed E-state index contributed by atoms with van der Waals surface area (Å²) in [6.45, 7) is 9.79. The molecule has 0 atom stereocenters. The number of carbonyl (C=O) groups is 2. The molecular weight excluding hydrogens is 280 g/mol. The molecule has 1 aliphatic rings. The Morgan fingerprint density at radius 1 is 1.27 bits per heavy atom. The van der Waals surface area contributed by atoms with Crippen LogP contribution >= 0.6 is 0 Å². The van der Waals surface area contributed by atoms with E-state index in [0.717, 1.165) is 31.5 Å². The Labute approximate surface area is 131 Å². The third kappa shape index (κ3) is 3.15. The van der Waals surface area contributed by atoms with Crippen LogP contribution in [-0.4, -0.2) is 45.4 Å². The van der Waals surface area contributed by atoms with E-state index in [4.69, 9.17) is 0 Å². The van der Waals surface area contributed by atoms with Crippen molar-refractivity contribution in [3.63, 3.8) is 0 Å². The summed E-state index contributed by atoms with van der Waals surface area (Å²) in [5.41, 5.74) is 1.32. The van der Waals surface area contributed by atoms with Gasteiger partial charge in [0.25, 0.3) is 11.8 Å². The predicted octanol–water partition coefficient (Wildman–Crippen LogP) is 1.84. The van der Waals surface area contributed by atoms with Gasteiger partial charge in [-0.05, 0) is 47.0 Å². The van der Waals surface area contributed by atoms with Crippen LogP contribution in [0.4, 0.5) is 0 Å². The van der Waals surface area contributed by atoms with Crippen molar-refractivity contribution in [1.82, 2.24) is 19.8 Å². The summed E-state index contributed by atoms with van der Waals surface area (Å²) < 4.78 is 1.94. The second-order valence-electron chi connectivity index (χ2n) is 5.95. The van der Waals surface area contributed by atoms with Gasteiger partial charge in [0.05, 0.1) is 5.69 Å². The quantitative estimate of drug-likeness (QED) is 0.902. The minimum atomic E-state index is -0.181. The number of hydrogen-bond acceptors (Lipinski definition) is 3. The van der Waals surface area contributed by atoms with Crippen molar-refractivity contribution in [1.29, 1.82) is 0 Å². The van der Waals surface area contributed by atoms with Gasteiger partial charge in [0.1, 0.15) is 5.69 Å². The Bertz CT molecular complexity index is 559. The van der Waals surface area contributed by atoms with Crippen molar-refractivity contribution in [2.24, 2.45) is 0 Å². The van der Waals surface area contributed by atoms with Gasteiger partial charge in [0.15, 0.2) is 5.82 Å². The van der Waals surface area contributed by atoms with Crippen LogP contribution in [0, 0.1) is 0 Å². The van der Waals surface area contributed by atoms with Crippen LogP contribution < -0.4 is 5.32 Å². The molecule has 0 spiro atoms. The van der Waals surface area contributed by atoms with Gasteiger partial charge in [-0.15, -0.1) is 0 Å². The van der Waals surface area contributed by atoms with Gasteiger partial charge in [0, 0.05) is 25.7 Å². The van der Waals surface area contributed by atoms with Crippen LogP contribution in [0.1, 0.15) is 67.3 Å². The molecule has 0 fully saturated rings. The number of aromatic nitrogens is 2. The lowest BCUT2D eigenvalue weighted by atomic mass is 10.1. The fraction of sp³-hybridized carbons (Fsp3) is 0.688. The summed E-state index contributed by atoms with van der Waals surface area (Å²) in [5.74, 6) is 0.142. The van der Waals surface area contributed by atoms with Gasteiger partial charge in [0.2, 0.25) is 0 Å². The number of amides is 2. The molecule has 0 bridgehead atoms. The maximum Gasteiger partial charge on any atom is 0.289 e. The largest absolute Gasteiger partial charge is 0.348 e. The van der Waals surface area contributed by atoms with Crippen LogP contribution in [0.3, 0.4) is 0 Å². The van der Waals surface area contributed by atoms with E-state index in [1.54, 1.807) is 4.90 Å². The molecule has 0 aromatic carbocycles. The highest BCUT2D eigenvalue weighted by atomic mass is 16.2. The van der Waals surface area contributed by atoms with Gasteiger partial charge < -0.3 is 14.8 Å². The van der Waals surface area contributed by atoms with E-state index < -0.39 is 0 Å². The number of carbonyl (C=O) groups excluding carboxylic acids is 2. The molecule has 2 amide bonds. The average Bonchev–Trinajstić information content (AvgIpc) is 2.87. The summed E-state index contributed by atoms with van der Waals surface area (Å²) in [6, 6.07) is 0.0513. The Balaban J connectivity index is 2.41. The third-order valence-electron chi connectivity index (χ3n) is 3.99. The molecular formula is C16H26N4O2. The summed E-state index contributed by atoms with van der Waals surface area (Å²) in [5, 5.41) is 2.88. The smallest absolute Gasteiger partial charge is 0.289 e. The van der Waals surface area contributed by atoms with E-state index in [1.165, 1.54) is 0 Å². The third-order valence-corrected chi connectivity index (χ3v) is 3.99. The van der Waals surface area contributed by atoms with Crippen LogP contribution in [0.2, 0.25) is 0 Å². The summed E-state index contributed by atoms with van der Waals surface area (Å²) in [6.07, 6.45) is 2.86. The molecule has 22 heavy (non-hydrogen) atoms. The SMILES string of the molecule is CCN(CC)C(=O)c1nc(C(=O)NC(C)C)c2n1CCCC2. The number of imidazole rings is 1. The fourth-order valence-electron chi connectivity index (χ4n) is 2.87. The van der Waals surface area contributed by atoms with Crippen molar-refractivity contribution in [2.45, 2.75) is 59.5 Å². The van der Waals surface area contributed by atoms with E-state index in [2.05, 4.69) is 10.3 Å². The molecule has 0 radical (unpaired) electrons. The second-order valence-corrected chi connectivity index (χ2v) is 5.95. The number of nitrogens with one attached hydrogen (secondary N) is 1. The average molecular weight is 306 g/mol. The summed E-state index contributed by atoms with van der Waals surface area (Å²) in [4.78, 5) is 31.2. The van der Waals surface area contributed by atoms with Crippen LogP contribution in [0.5, 0.6) is 0 Å². The van der Waals surface area contributed by atoms with Crippen LogP contribution in [0.15, 0.2) is 0 Å². The molecule has 122 valence electrons. The van der Waals surface area contributed by atoms with Gasteiger partial charge in [-0.2, -0.15) is 0 Å². The monoisotopic (exact) mass is 306 g/mol. The first-order valence-electron chi connectivity index (χ1n) is 8.19. The van der Waals surface area contributed by atoms with Gasteiger partial charge >= 0.3 is 0 Å². The van der Waals surface area contributed by atoms with E-state index in [-0.39, 0.29) is 17.9 Å². The molecule has 6 heteroatoms. The van der Waals surface area contributed by atoms with Crippen molar-refractivity contribution >= 4 is 11.8 Å². The zero-order valence-electron chi connectivity index (χ0n) is 14.0. The van der Waals surface area contributed by atoms with Crippen molar-refractivity contribution in [3.05, 3.63) is 17.2 Å². The van der Waals surface area contributed by atoms with Crippen LogP contribution in [0.25, 0.3) is 0 Å². The lowest BCUT2D eigenvalue weighted by Crippen LogP contribution is -2.33. The number of hydrogen-bond donors (Lipinski definition) is 1. The maximum absolute atomic E-state index is 12.6. The lowest BCUT2D eigenvalue weighted by Gasteiger charge is -2.21. The number of rotatable bonds is 5. The van der Waals surface area contributed by atoms with E-state index in [0.29, 0.717) is 24.6 Å². The highest BCUT2D eigenvalue weighted by Gasteiger charge is 2.29. The zero-order valence-corrected chi connectivity index (χ0v) is 14.0. The Kier molecular flexibility index (Phi) is 5.21. The molecule has 1 N–H and O–H groups in total. The van der Waals surface area contributed by atoms with E-state index in [9.17, 15) is 9.59 Å². The van der Waals surface area contributed by atoms with Gasteiger partial charge in [-0.25, -0.2) is 4.98 Å². The van der Waals surface area contributed by atoms with Gasteiger partial charge in [-0.1, -0.05) is 0 Å². The maximum atomic E-state index is 12.6. The normalized spacial score (nSPS) is 13.9. The molecule has 1 aromatic heterocycles. The lowest BCUT2D eigenvalue weighted by molar-refractivity contribution is 0.0754. The number of nitrogens with zero attached hydrogens (tertiary/aromatic N) is 3. The van der Waals surface area contributed by atoms with Crippen LogP contribution in [-0.2, 0) is 13.0 Å². The first-order chi connectivity index (χ1) is 10.5. The minimum Gasteiger partial charge on any atom is -0.348 e. The molecule has 6 nitrogen and oxygen atoms in total. The van der Waals surface area contributed by atoms with E-state index in [1.807, 2.05) is 32.3 Å². The summed E-state index contributed by atoms with van der Waals surface area (Å²) in [7, 11) is 0. The van der Waals surface area contributed by atoms with E-state index >= 15 is 0 Å². The Morgan fingerprint density at radius 2 is 1.95 bits per heavy atom. The van der Waals surface area contributed by atoms with Crippen molar-refractivity contribution in [3.8, 4) is 0 Å². The molecule has 1 aromatic rings. The molecule has 1 aliphatic heterocycles. The molecule has 0 unspecified atom stereocenters. The second kappa shape index (κ2) is 6.94. The minimum absolute atomic E-state index is 0.0513. The Morgan fingerprint density at radius 3 is 2.55 bits per heavy atom. The molecule has 2 heterocycles. The zero-order chi connectivity index (χ0) is 16.3.